The lowest BCUT2D eigenvalue weighted by Crippen LogP contribution is -2.55. The number of carbonyl (C=O) groups is 1. The van der Waals surface area contributed by atoms with E-state index in [0.717, 1.165) is 16.7 Å². The van der Waals surface area contributed by atoms with Crippen molar-refractivity contribution in [3.63, 3.8) is 0 Å². The molecule has 136 valence electrons. The summed E-state index contributed by atoms with van der Waals surface area (Å²) >= 11 is 0. The molecule has 1 amide bonds. The second-order valence-electron chi connectivity index (χ2n) is 5.66. The number of halogens is 2. The fourth-order valence-corrected chi connectivity index (χ4v) is 2.69. The highest BCUT2D eigenvalue weighted by molar-refractivity contribution is 5.85. The molecule has 1 aromatic heterocycles. The number of amides is 1. The minimum Gasteiger partial charge on any atom is -0.375 e. The number of rotatable bonds is 4. The third-order valence-corrected chi connectivity index (χ3v) is 4.03. The molecule has 1 saturated heterocycles. The van der Waals surface area contributed by atoms with Gasteiger partial charge in [0, 0.05) is 25.5 Å². The molecule has 1 aromatic carbocycles. The molecule has 2 N–H and O–H groups in total. The van der Waals surface area contributed by atoms with Gasteiger partial charge in [-0.05, 0) is 35.7 Å². The van der Waals surface area contributed by atoms with Crippen molar-refractivity contribution in [3.8, 4) is 11.1 Å². The molecule has 0 saturated carbocycles. The largest absolute Gasteiger partial charge is 0.375 e. The normalized spacial score (nSPS) is 19.2. The zero-order valence-electron chi connectivity index (χ0n) is 14.0. The average molecular weight is 384 g/mol. The van der Waals surface area contributed by atoms with Gasteiger partial charge in [-0.1, -0.05) is 24.3 Å². The first-order valence-corrected chi connectivity index (χ1v) is 7.86. The molecule has 2 heterocycles. The van der Waals surface area contributed by atoms with E-state index in [1.165, 1.54) is 0 Å². The van der Waals surface area contributed by atoms with Crippen LogP contribution in [0.1, 0.15) is 12.5 Å². The SMILES string of the molecule is C[C@H]1OCCN[C@@H]1C(=O)NCc1ccc(-c2ccncc2)cc1.Cl.Cl. The Hall–Kier alpha value is -1.66. The van der Waals surface area contributed by atoms with Crippen LogP contribution in [0.3, 0.4) is 0 Å². The molecule has 3 rings (SSSR count). The van der Waals surface area contributed by atoms with E-state index in [0.29, 0.717) is 19.7 Å². The molecule has 0 bridgehead atoms. The van der Waals surface area contributed by atoms with Crippen LogP contribution in [-0.4, -0.2) is 36.2 Å². The van der Waals surface area contributed by atoms with Crippen LogP contribution >= 0.6 is 24.8 Å². The van der Waals surface area contributed by atoms with Crippen LogP contribution in [0, 0.1) is 0 Å². The Morgan fingerprint density at radius 3 is 2.44 bits per heavy atom. The molecule has 0 unspecified atom stereocenters. The Bertz CT molecular complexity index is 653. The van der Waals surface area contributed by atoms with Crippen molar-refractivity contribution in [2.75, 3.05) is 13.2 Å². The standard InChI is InChI=1S/C18H21N3O2.2ClH/c1-13-17(20-10-11-23-13)18(22)21-12-14-2-4-15(5-3-14)16-6-8-19-9-7-16;;/h2-9,13,17,20H,10-12H2,1H3,(H,21,22);2*1H/t13-,17+;;/m1../s1. The van der Waals surface area contributed by atoms with Gasteiger partial charge in [-0.3, -0.25) is 9.78 Å². The van der Waals surface area contributed by atoms with Gasteiger partial charge in [0.25, 0.3) is 0 Å². The van der Waals surface area contributed by atoms with Gasteiger partial charge in [-0.15, -0.1) is 24.8 Å². The zero-order valence-corrected chi connectivity index (χ0v) is 15.6. The first-order valence-electron chi connectivity index (χ1n) is 7.86. The summed E-state index contributed by atoms with van der Waals surface area (Å²) in [7, 11) is 0. The van der Waals surface area contributed by atoms with Crippen LogP contribution in [0.15, 0.2) is 48.8 Å². The first kappa shape index (κ1) is 21.4. The topological polar surface area (TPSA) is 63.2 Å². The summed E-state index contributed by atoms with van der Waals surface area (Å²) in [6.45, 7) is 3.80. The van der Waals surface area contributed by atoms with E-state index in [2.05, 4.69) is 27.8 Å². The van der Waals surface area contributed by atoms with Crippen LogP contribution in [0.25, 0.3) is 11.1 Å². The molecule has 5 nitrogen and oxygen atoms in total. The molecule has 1 aliphatic heterocycles. The molecule has 1 fully saturated rings. The summed E-state index contributed by atoms with van der Waals surface area (Å²) in [6.07, 6.45) is 3.46. The molecule has 2 aromatic rings. The monoisotopic (exact) mass is 383 g/mol. The summed E-state index contributed by atoms with van der Waals surface area (Å²) in [5, 5.41) is 6.16. The van der Waals surface area contributed by atoms with Gasteiger partial charge in [-0.2, -0.15) is 0 Å². The molecule has 2 atom stereocenters. The maximum atomic E-state index is 12.2. The van der Waals surface area contributed by atoms with Crippen LogP contribution in [0.2, 0.25) is 0 Å². The lowest BCUT2D eigenvalue weighted by Gasteiger charge is -2.29. The van der Waals surface area contributed by atoms with E-state index in [1.807, 2.05) is 31.2 Å². The van der Waals surface area contributed by atoms with Crippen molar-refractivity contribution in [2.24, 2.45) is 0 Å². The number of hydrogen-bond acceptors (Lipinski definition) is 4. The Kier molecular flexibility index (Phi) is 8.86. The molecule has 7 heteroatoms. The molecular formula is C18H23Cl2N3O2. The van der Waals surface area contributed by atoms with Crippen molar-refractivity contribution in [2.45, 2.75) is 25.6 Å². The molecule has 0 radical (unpaired) electrons. The fraction of sp³-hybridized carbons (Fsp3) is 0.333. The third-order valence-electron chi connectivity index (χ3n) is 4.03. The summed E-state index contributed by atoms with van der Waals surface area (Å²) < 4.78 is 5.50. The second kappa shape index (κ2) is 10.4. The van der Waals surface area contributed by atoms with Crippen molar-refractivity contribution in [1.29, 1.82) is 0 Å². The summed E-state index contributed by atoms with van der Waals surface area (Å²) in [6, 6.07) is 11.9. The van der Waals surface area contributed by atoms with Gasteiger partial charge >= 0.3 is 0 Å². The lowest BCUT2D eigenvalue weighted by molar-refractivity contribution is -0.129. The quantitative estimate of drug-likeness (QED) is 0.851. The van der Waals surface area contributed by atoms with Crippen molar-refractivity contribution < 1.29 is 9.53 Å². The summed E-state index contributed by atoms with van der Waals surface area (Å²) in [4.78, 5) is 16.2. The first-order chi connectivity index (χ1) is 11.2. The minimum absolute atomic E-state index is 0. The highest BCUT2D eigenvalue weighted by Crippen LogP contribution is 2.18. The third kappa shape index (κ3) is 5.68. The zero-order chi connectivity index (χ0) is 16.1. The lowest BCUT2D eigenvalue weighted by atomic mass is 10.0. The number of ether oxygens (including phenoxy) is 1. The number of hydrogen-bond donors (Lipinski definition) is 2. The average Bonchev–Trinajstić information content (AvgIpc) is 2.61. The van der Waals surface area contributed by atoms with Gasteiger partial charge in [0.2, 0.25) is 5.91 Å². The van der Waals surface area contributed by atoms with E-state index in [9.17, 15) is 4.79 Å². The number of benzene rings is 1. The smallest absolute Gasteiger partial charge is 0.240 e. The Morgan fingerprint density at radius 1 is 1.16 bits per heavy atom. The van der Waals surface area contributed by atoms with Gasteiger partial charge in [0.05, 0.1) is 12.7 Å². The summed E-state index contributed by atoms with van der Waals surface area (Å²) in [5.74, 6) is -0.0181. The fourth-order valence-electron chi connectivity index (χ4n) is 2.69. The number of pyridine rings is 1. The highest BCUT2D eigenvalue weighted by atomic mass is 35.5. The van der Waals surface area contributed by atoms with Crippen LogP contribution in [0.4, 0.5) is 0 Å². The maximum Gasteiger partial charge on any atom is 0.240 e. The number of morpholine rings is 1. The Labute approximate surface area is 160 Å². The van der Waals surface area contributed by atoms with E-state index >= 15 is 0 Å². The van der Waals surface area contributed by atoms with Gasteiger partial charge in [-0.25, -0.2) is 0 Å². The van der Waals surface area contributed by atoms with Crippen molar-refractivity contribution in [3.05, 3.63) is 54.4 Å². The number of carbonyl (C=O) groups excluding carboxylic acids is 1. The van der Waals surface area contributed by atoms with E-state index in [1.54, 1.807) is 12.4 Å². The van der Waals surface area contributed by atoms with Crippen LogP contribution in [0.5, 0.6) is 0 Å². The van der Waals surface area contributed by atoms with E-state index < -0.39 is 0 Å². The predicted molar refractivity (Wildman–Crippen MR) is 103 cm³/mol. The minimum atomic E-state index is -0.278. The van der Waals surface area contributed by atoms with Crippen LogP contribution < -0.4 is 10.6 Å². The highest BCUT2D eigenvalue weighted by Gasteiger charge is 2.27. The van der Waals surface area contributed by atoms with Crippen molar-refractivity contribution >= 4 is 30.7 Å². The molecular weight excluding hydrogens is 361 g/mol. The van der Waals surface area contributed by atoms with Gasteiger partial charge < -0.3 is 15.4 Å². The number of nitrogens with zero attached hydrogens (tertiary/aromatic N) is 1. The molecule has 25 heavy (non-hydrogen) atoms. The molecule has 0 aliphatic carbocycles. The molecule has 1 aliphatic rings. The predicted octanol–water partition coefficient (Wildman–Crippen LogP) is 2.59. The number of nitrogens with one attached hydrogen (secondary N) is 2. The Balaban J connectivity index is 0.00000156. The second-order valence-corrected chi connectivity index (χ2v) is 5.66. The maximum absolute atomic E-state index is 12.2. The Morgan fingerprint density at radius 2 is 1.80 bits per heavy atom. The van der Waals surface area contributed by atoms with E-state index in [-0.39, 0.29) is 42.9 Å². The summed E-state index contributed by atoms with van der Waals surface area (Å²) in [5.41, 5.74) is 3.34. The van der Waals surface area contributed by atoms with Crippen LogP contribution in [-0.2, 0) is 16.1 Å². The van der Waals surface area contributed by atoms with Crippen molar-refractivity contribution in [1.82, 2.24) is 15.6 Å². The number of aromatic nitrogens is 1. The molecule has 0 spiro atoms. The van der Waals surface area contributed by atoms with Gasteiger partial charge in [0.1, 0.15) is 6.04 Å². The van der Waals surface area contributed by atoms with Gasteiger partial charge in [0.15, 0.2) is 0 Å². The van der Waals surface area contributed by atoms with E-state index in [4.69, 9.17) is 4.74 Å².